The molecule has 0 aliphatic rings. The maximum absolute atomic E-state index is 6.34. The van der Waals surface area contributed by atoms with E-state index in [0.29, 0.717) is 9.79 Å². The Balaban J connectivity index is 2.27. The number of aryl methyl sites for hydroxylation is 2. The predicted molar refractivity (Wildman–Crippen MR) is 84.1 cm³/mol. The summed E-state index contributed by atoms with van der Waals surface area (Å²) < 4.78 is 8.34. The van der Waals surface area contributed by atoms with E-state index < -0.39 is 0 Å². The molecule has 0 saturated carbocycles. The fraction of sp³-hybridized carbons (Fsp3) is 0.267. The lowest BCUT2D eigenvalue weighted by Crippen LogP contribution is -2.07. The minimum absolute atomic E-state index is 0.0635. The third kappa shape index (κ3) is 2.00. The number of hydrogen-bond donors (Lipinski definition) is 1. The first-order valence-corrected chi connectivity index (χ1v) is 7.23. The molecule has 3 aromatic rings. The number of furan rings is 1. The number of para-hydroxylation sites is 1. The summed E-state index contributed by atoms with van der Waals surface area (Å²) in [5.41, 5.74) is 3.01. The second-order valence-electron chi connectivity index (χ2n) is 4.98. The van der Waals surface area contributed by atoms with Crippen molar-refractivity contribution in [1.29, 1.82) is 0 Å². The maximum Gasteiger partial charge on any atom is 0.178 e. The minimum Gasteiger partial charge on any atom is -0.466 e. The van der Waals surface area contributed by atoms with Crippen molar-refractivity contribution in [3.63, 3.8) is 0 Å². The van der Waals surface area contributed by atoms with Crippen LogP contribution in [0.1, 0.15) is 30.0 Å². The third-order valence-electron chi connectivity index (χ3n) is 3.60. The molecule has 3 rings (SSSR count). The lowest BCUT2D eigenvalue weighted by Gasteiger charge is -2.14. The molecule has 2 heterocycles. The number of hydrogen-bond acceptors (Lipinski definition) is 2. The number of aromatic amines is 1. The minimum atomic E-state index is 0.0635. The lowest BCUT2D eigenvalue weighted by molar-refractivity contribution is 0.495. The Morgan fingerprint density at radius 1 is 1.35 bits per heavy atom. The number of aromatic nitrogens is 2. The van der Waals surface area contributed by atoms with Gasteiger partial charge in [0.05, 0.1) is 22.1 Å². The SMILES string of the molecule is Cc1cc(C(C)n2c(=S)[nH]c3cccc(Cl)c32)c(C)o1. The molecule has 0 saturated heterocycles. The monoisotopic (exact) mass is 306 g/mol. The molecule has 0 fully saturated rings. The molecule has 1 atom stereocenters. The van der Waals surface area contributed by atoms with Crippen LogP contribution in [0.5, 0.6) is 0 Å². The van der Waals surface area contributed by atoms with Gasteiger partial charge in [0.2, 0.25) is 0 Å². The fourth-order valence-electron chi connectivity index (χ4n) is 2.71. The number of benzene rings is 1. The molecule has 0 aliphatic heterocycles. The van der Waals surface area contributed by atoms with Crippen molar-refractivity contribution in [1.82, 2.24) is 9.55 Å². The van der Waals surface area contributed by atoms with E-state index in [-0.39, 0.29) is 6.04 Å². The molecule has 0 aliphatic carbocycles. The molecular weight excluding hydrogens is 292 g/mol. The highest BCUT2D eigenvalue weighted by Gasteiger charge is 2.19. The van der Waals surface area contributed by atoms with Gasteiger partial charge in [-0.3, -0.25) is 0 Å². The molecule has 0 spiro atoms. The number of halogens is 1. The fourth-order valence-corrected chi connectivity index (χ4v) is 3.34. The molecule has 104 valence electrons. The predicted octanol–water partition coefficient (Wildman–Crippen LogP) is 5.17. The van der Waals surface area contributed by atoms with Crippen molar-refractivity contribution in [2.45, 2.75) is 26.8 Å². The highest BCUT2D eigenvalue weighted by Crippen LogP contribution is 2.31. The van der Waals surface area contributed by atoms with Gasteiger partial charge >= 0.3 is 0 Å². The molecule has 3 nitrogen and oxygen atoms in total. The number of rotatable bonds is 2. The van der Waals surface area contributed by atoms with Gasteiger partial charge in [-0.2, -0.15) is 0 Å². The number of H-pyrrole nitrogens is 1. The zero-order valence-corrected chi connectivity index (χ0v) is 13.1. The number of imidazole rings is 1. The van der Waals surface area contributed by atoms with E-state index in [1.807, 2.05) is 36.6 Å². The number of fused-ring (bicyclic) bond motifs is 1. The van der Waals surface area contributed by atoms with Crippen LogP contribution >= 0.6 is 23.8 Å². The first-order valence-electron chi connectivity index (χ1n) is 6.44. The summed E-state index contributed by atoms with van der Waals surface area (Å²) in [6.45, 7) is 6.02. The van der Waals surface area contributed by atoms with E-state index in [1.54, 1.807) is 0 Å². The van der Waals surface area contributed by atoms with Crippen LogP contribution in [0.2, 0.25) is 5.02 Å². The first-order chi connectivity index (χ1) is 9.49. The standard InChI is InChI=1S/C15H15ClN2OS/c1-8-7-11(10(3)19-8)9(2)18-14-12(16)5-4-6-13(14)17-15(18)20/h4-7,9H,1-3H3,(H,17,20). The van der Waals surface area contributed by atoms with E-state index in [2.05, 4.69) is 18.0 Å². The Bertz CT molecular complexity index is 843. The Kier molecular flexibility index (Phi) is 3.22. The van der Waals surface area contributed by atoms with Crippen molar-refractivity contribution in [3.8, 4) is 0 Å². The zero-order valence-electron chi connectivity index (χ0n) is 11.5. The van der Waals surface area contributed by atoms with Gasteiger partial charge in [0.1, 0.15) is 11.5 Å². The molecule has 0 radical (unpaired) electrons. The van der Waals surface area contributed by atoms with E-state index in [9.17, 15) is 0 Å². The molecule has 1 aromatic carbocycles. The molecule has 5 heteroatoms. The Morgan fingerprint density at radius 2 is 2.10 bits per heavy atom. The molecule has 1 unspecified atom stereocenters. The molecule has 0 bridgehead atoms. The smallest absolute Gasteiger partial charge is 0.178 e. The van der Waals surface area contributed by atoms with Gasteiger partial charge in [0.15, 0.2) is 4.77 Å². The quantitative estimate of drug-likeness (QED) is 0.663. The normalized spacial score (nSPS) is 13.0. The zero-order chi connectivity index (χ0) is 14.4. The Hall–Kier alpha value is -1.52. The maximum atomic E-state index is 6.34. The summed E-state index contributed by atoms with van der Waals surface area (Å²) in [5, 5.41) is 0.694. The molecular formula is C15H15ClN2OS. The van der Waals surface area contributed by atoms with Crippen molar-refractivity contribution >= 4 is 34.9 Å². The van der Waals surface area contributed by atoms with E-state index in [1.165, 1.54) is 0 Å². The van der Waals surface area contributed by atoms with Gasteiger partial charge in [0.25, 0.3) is 0 Å². The molecule has 1 N–H and O–H groups in total. The van der Waals surface area contributed by atoms with Gasteiger partial charge in [-0.05, 0) is 51.2 Å². The summed E-state index contributed by atoms with van der Waals surface area (Å²) in [4.78, 5) is 3.21. The van der Waals surface area contributed by atoms with Gasteiger partial charge in [-0.15, -0.1) is 0 Å². The van der Waals surface area contributed by atoms with Crippen molar-refractivity contribution in [2.75, 3.05) is 0 Å². The summed E-state index contributed by atoms with van der Waals surface area (Å²) in [7, 11) is 0. The van der Waals surface area contributed by atoms with Crippen LogP contribution in [-0.2, 0) is 0 Å². The summed E-state index contributed by atoms with van der Waals surface area (Å²) >= 11 is 11.8. The van der Waals surface area contributed by atoms with Crippen LogP contribution in [0.15, 0.2) is 28.7 Å². The van der Waals surface area contributed by atoms with Crippen LogP contribution in [0.25, 0.3) is 11.0 Å². The topological polar surface area (TPSA) is 33.9 Å². The largest absolute Gasteiger partial charge is 0.466 e. The van der Waals surface area contributed by atoms with Crippen LogP contribution in [0.4, 0.5) is 0 Å². The number of nitrogens with zero attached hydrogens (tertiary/aromatic N) is 1. The molecule has 20 heavy (non-hydrogen) atoms. The highest BCUT2D eigenvalue weighted by molar-refractivity contribution is 7.71. The van der Waals surface area contributed by atoms with E-state index in [0.717, 1.165) is 28.1 Å². The van der Waals surface area contributed by atoms with Crippen LogP contribution in [0.3, 0.4) is 0 Å². The summed E-state index contributed by atoms with van der Waals surface area (Å²) in [6, 6.07) is 7.89. The van der Waals surface area contributed by atoms with Crippen molar-refractivity contribution < 1.29 is 4.42 Å². The Labute approximate surface area is 127 Å². The lowest BCUT2D eigenvalue weighted by atomic mass is 10.1. The average Bonchev–Trinajstić information content (AvgIpc) is 2.89. The average molecular weight is 307 g/mol. The van der Waals surface area contributed by atoms with Gasteiger partial charge < -0.3 is 14.0 Å². The molecule has 0 amide bonds. The second-order valence-corrected chi connectivity index (χ2v) is 5.77. The van der Waals surface area contributed by atoms with Gasteiger partial charge in [0, 0.05) is 5.56 Å². The first kappa shape index (κ1) is 13.5. The van der Waals surface area contributed by atoms with Gasteiger partial charge in [-0.25, -0.2) is 0 Å². The number of nitrogens with one attached hydrogen (secondary N) is 1. The van der Waals surface area contributed by atoms with Crippen molar-refractivity contribution in [2.24, 2.45) is 0 Å². The van der Waals surface area contributed by atoms with Crippen LogP contribution in [-0.4, -0.2) is 9.55 Å². The summed E-state index contributed by atoms with van der Waals surface area (Å²) in [6.07, 6.45) is 0. The highest BCUT2D eigenvalue weighted by atomic mass is 35.5. The van der Waals surface area contributed by atoms with E-state index in [4.69, 9.17) is 28.2 Å². The Morgan fingerprint density at radius 3 is 2.75 bits per heavy atom. The van der Waals surface area contributed by atoms with Crippen molar-refractivity contribution in [3.05, 3.63) is 51.1 Å². The summed E-state index contributed by atoms with van der Waals surface area (Å²) in [5.74, 6) is 1.82. The van der Waals surface area contributed by atoms with Crippen LogP contribution in [0, 0.1) is 18.6 Å². The second kappa shape index (κ2) is 4.79. The third-order valence-corrected chi connectivity index (χ3v) is 4.21. The molecule has 2 aromatic heterocycles. The van der Waals surface area contributed by atoms with Crippen LogP contribution < -0.4 is 0 Å². The van der Waals surface area contributed by atoms with E-state index >= 15 is 0 Å². The van der Waals surface area contributed by atoms with Gasteiger partial charge in [-0.1, -0.05) is 17.7 Å².